The number of piperidine rings is 1. The number of halogens is 1. The van der Waals surface area contributed by atoms with Crippen molar-refractivity contribution < 1.29 is 18.0 Å². The Balaban J connectivity index is 0.00000210. The molecule has 6 nitrogen and oxygen atoms in total. The number of ketones is 1. The lowest BCUT2D eigenvalue weighted by atomic mass is 10.0. The number of nitrogens with one attached hydrogen (secondary N) is 2. The molecule has 0 aliphatic carbocycles. The van der Waals surface area contributed by atoms with Gasteiger partial charge in [-0.05, 0) is 56.3 Å². The summed E-state index contributed by atoms with van der Waals surface area (Å²) in [5.41, 5.74) is 0.534. The molecular formula is C19H19ClN2O4S. The van der Waals surface area contributed by atoms with Gasteiger partial charge in [0, 0.05) is 22.7 Å². The van der Waals surface area contributed by atoms with E-state index in [2.05, 4.69) is 10.6 Å². The molecule has 2 aliphatic rings. The number of carbonyl (C=O) groups excluding carboxylic acids is 2. The van der Waals surface area contributed by atoms with Gasteiger partial charge in [0.15, 0.2) is 5.78 Å². The summed E-state index contributed by atoms with van der Waals surface area (Å²) in [4.78, 5) is 25.0. The first-order valence-corrected chi connectivity index (χ1v) is 10.0. The normalized spacial score (nSPS) is 18.0. The second-order valence-corrected chi connectivity index (χ2v) is 8.42. The van der Waals surface area contributed by atoms with Crippen LogP contribution in [0.15, 0.2) is 52.3 Å². The van der Waals surface area contributed by atoms with E-state index in [1.807, 2.05) is 0 Å². The Kier molecular flexibility index (Phi) is 5.37. The molecule has 2 aliphatic heterocycles. The molecule has 0 saturated carbocycles. The van der Waals surface area contributed by atoms with Gasteiger partial charge in [-0.3, -0.25) is 9.59 Å². The molecule has 1 fully saturated rings. The maximum absolute atomic E-state index is 12.9. The predicted octanol–water partition coefficient (Wildman–Crippen LogP) is 1.97. The fourth-order valence-corrected chi connectivity index (χ4v) is 5.14. The Morgan fingerprint density at radius 2 is 1.67 bits per heavy atom. The van der Waals surface area contributed by atoms with Crippen molar-refractivity contribution in [2.24, 2.45) is 0 Å². The number of carbonyl (C=O) groups is 2. The molecule has 0 unspecified atom stereocenters. The minimum Gasteiger partial charge on any atom is -0.349 e. The molecule has 2 aromatic carbocycles. The van der Waals surface area contributed by atoms with Crippen molar-refractivity contribution in [1.82, 2.24) is 10.6 Å². The second-order valence-electron chi connectivity index (χ2n) is 6.54. The molecule has 0 bridgehead atoms. The summed E-state index contributed by atoms with van der Waals surface area (Å²) in [5, 5.41) is 6.17. The summed E-state index contributed by atoms with van der Waals surface area (Å²) in [6.07, 6.45) is 1.67. The molecule has 0 radical (unpaired) electrons. The highest BCUT2D eigenvalue weighted by Crippen LogP contribution is 2.34. The van der Waals surface area contributed by atoms with Crippen molar-refractivity contribution in [2.75, 3.05) is 13.1 Å². The van der Waals surface area contributed by atoms with Gasteiger partial charge in [-0.15, -0.1) is 12.4 Å². The van der Waals surface area contributed by atoms with E-state index in [1.54, 1.807) is 12.1 Å². The number of hydrogen-bond acceptors (Lipinski definition) is 5. The first kappa shape index (κ1) is 19.5. The SMILES string of the molecule is Cl.O=C(NC1CCNCC1)c1ccc2c(c1)S(=O)(=O)c1ccccc1C2=O. The first-order chi connectivity index (χ1) is 12.5. The number of amides is 1. The average molecular weight is 407 g/mol. The molecule has 1 amide bonds. The molecule has 0 spiro atoms. The van der Waals surface area contributed by atoms with Crippen LogP contribution in [0.4, 0.5) is 0 Å². The molecule has 1 saturated heterocycles. The van der Waals surface area contributed by atoms with Gasteiger partial charge < -0.3 is 10.6 Å². The van der Waals surface area contributed by atoms with E-state index < -0.39 is 9.84 Å². The number of fused-ring (bicyclic) bond motifs is 2. The van der Waals surface area contributed by atoms with Crippen LogP contribution in [-0.2, 0) is 9.84 Å². The fourth-order valence-electron chi connectivity index (χ4n) is 3.46. The van der Waals surface area contributed by atoms with Gasteiger partial charge in [-0.2, -0.15) is 0 Å². The summed E-state index contributed by atoms with van der Waals surface area (Å²) in [7, 11) is -3.83. The molecular weight excluding hydrogens is 388 g/mol. The Morgan fingerprint density at radius 1 is 1.00 bits per heavy atom. The molecule has 2 N–H and O–H groups in total. The van der Waals surface area contributed by atoms with E-state index in [4.69, 9.17) is 0 Å². The summed E-state index contributed by atoms with van der Waals surface area (Å²) in [6.45, 7) is 1.68. The molecule has 142 valence electrons. The van der Waals surface area contributed by atoms with Crippen molar-refractivity contribution in [3.05, 3.63) is 59.2 Å². The summed E-state index contributed by atoms with van der Waals surface area (Å²) in [6, 6.07) is 10.5. The average Bonchev–Trinajstić information content (AvgIpc) is 2.67. The van der Waals surface area contributed by atoms with Crippen molar-refractivity contribution >= 4 is 33.9 Å². The molecule has 2 heterocycles. The molecule has 27 heavy (non-hydrogen) atoms. The zero-order chi connectivity index (χ0) is 18.3. The minimum atomic E-state index is -3.83. The summed E-state index contributed by atoms with van der Waals surface area (Å²) < 4.78 is 25.8. The molecule has 8 heteroatoms. The van der Waals surface area contributed by atoms with Crippen molar-refractivity contribution in [3.8, 4) is 0 Å². The van der Waals surface area contributed by atoms with Crippen LogP contribution >= 0.6 is 12.4 Å². The standard InChI is InChI=1S/C19H18N2O4S.ClH/c22-18-14-3-1-2-4-16(14)26(24,25)17-11-12(5-6-15(17)18)19(23)21-13-7-9-20-10-8-13;/h1-6,11,13,20H,7-10H2,(H,21,23);1H. The van der Waals surface area contributed by atoms with Crippen molar-refractivity contribution in [2.45, 2.75) is 28.7 Å². The summed E-state index contributed by atoms with van der Waals surface area (Å²) >= 11 is 0. The third-order valence-corrected chi connectivity index (χ3v) is 6.73. The van der Waals surface area contributed by atoms with Gasteiger partial charge in [0.1, 0.15) is 0 Å². The number of benzene rings is 2. The Bertz CT molecular complexity index is 1010. The third-order valence-electron chi connectivity index (χ3n) is 4.87. The van der Waals surface area contributed by atoms with Crippen LogP contribution in [0.5, 0.6) is 0 Å². The lowest BCUT2D eigenvalue weighted by molar-refractivity contribution is 0.0927. The van der Waals surface area contributed by atoms with Gasteiger partial charge >= 0.3 is 0 Å². The van der Waals surface area contributed by atoms with E-state index in [0.717, 1.165) is 25.9 Å². The van der Waals surface area contributed by atoms with E-state index in [-0.39, 0.29) is 56.6 Å². The zero-order valence-electron chi connectivity index (χ0n) is 14.4. The second kappa shape index (κ2) is 7.42. The smallest absolute Gasteiger partial charge is 0.251 e. The van der Waals surface area contributed by atoms with Gasteiger partial charge in [-0.1, -0.05) is 12.1 Å². The fraction of sp³-hybridized carbons (Fsp3) is 0.263. The van der Waals surface area contributed by atoms with Crippen molar-refractivity contribution in [1.29, 1.82) is 0 Å². The highest BCUT2D eigenvalue weighted by molar-refractivity contribution is 7.91. The maximum atomic E-state index is 12.9. The van der Waals surface area contributed by atoms with E-state index in [0.29, 0.717) is 0 Å². The van der Waals surface area contributed by atoms with Crippen LogP contribution in [0.25, 0.3) is 0 Å². The van der Waals surface area contributed by atoms with Crippen LogP contribution < -0.4 is 10.6 Å². The molecule has 0 aromatic heterocycles. The maximum Gasteiger partial charge on any atom is 0.251 e. The lowest BCUT2D eigenvalue weighted by Gasteiger charge is -2.24. The Hall–Kier alpha value is -2.22. The third kappa shape index (κ3) is 3.38. The quantitative estimate of drug-likeness (QED) is 0.678. The minimum absolute atomic E-state index is 0. The number of rotatable bonds is 2. The predicted molar refractivity (Wildman–Crippen MR) is 102 cm³/mol. The van der Waals surface area contributed by atoms with E-state index in [1.165, 1.54) is 30.3 Å². The van der Waals surface area contributed by atoms with Crippen molar-refractivity contribution in [3.63, 3.8) is 0 Å². The summed E-state index contributed by atoms with van der Waals surface area (Å²) in [5.74, 6) is -0.656. The topological polar surface area (TPSA) is 92.3 Å². The lowest BCUT2D eigenvalue weighted by Crippen LogP contribution is -2.42. The highest BCUT2D eigenvalue weighted by atomic mass is 35.5. The first-order valence-electron chi connectivity index (χ1n) is 8.53. The van der Waals surface area contributed by atoms with E-state index in [9.17, 15) is 18.0 Å². The van der Waals surface area contributed by atoms with Crippen LogP contribution in [0.3, 0.4) is 0 Å². The van der Waals surface area contributed by atoms with Gasteiger partial charge in [0.05, 0.1) is 9.79 Å². The number of sulfone groups is 1. The molecule has 4 rings (SSSR count). The monoisotopic (exact) mass is 406 g/mol. The number of hydrogen-bond donors (Lipinski definition) is 2. The Morgan fingerprint density at radius 3 is 2.41 bits per heavy atom. The van der Waals surface area contributed by atoms with E-state index >= 15 is 0 Å². The van der Waals surface area contributed by atoms with Gasteiger partial charge in [0.25, 0.3) is 5.91 Å². The van der Waals surface area contributed by atoms with Crippen LogP contribution in [-0.4, -0.2) is 39.2 Å². The van der Waals surface area contributed by atoms with Gasteiger partial charge in [-0.25, -0.2) is 8.42 Å². The van der Waals surface area contributed by atoms with Crippen LogP contribution in [0.1, 0.15) is 39.1 Å². The largest absolute Gasteiger partial charge is 0.349 e. The highest BCUT2D eigenvalue weighted by Gasteiger charge is 2.35. The van der Waals surface area contributed by atoms with Gasteiger partial charge in [0.2, 0.25) is 9.84 Å². The van der Waals surface area contributed by atoms with Crippen LogP contribution in [0.2, 0.25) is 0 Å². The molecule has 0 atom stereocenters. The molecule has 2 aromatic rings. The Labute approximate surface area is 163 Å². The zero-order valence-corrected chi connectivity index (χ0v) is 16.0. The van der Waals surface area contributed by atoms with Crippen LogP contribution in [0, 0.1) is 0 Å².